The van der Waals surface area contributed by atoms with Gasteiger partial charge in [-0.3, -0.25) is 0 Å². The quantitative estimate of drug-likeness (QED) is 0.466. The maximum absolute atomic E-state index is 11.4. The van der Waals surface area contributed by atoms with Crippen molar-refractivity contribution in [2.75, 3.05) is 6.61 Å². The van der Waals surface area contributed by atoms with Gasteiger partial charge in [0.15, 0.2) is 0 Å². The molecule has 0 bridgehead atoms. The fraction of sp³-hybridized carbons (Fsp3) is 0.625. The minimum atomic E-state index is -2.03. The van der Waals surface area contributed by atoms with Gasteiger partial charge in [-0.25, -0.2) is 4.79 Å². The standard InChI is InChI=1S/C8H12Cl3NO3/c1-3-15-7(14)5(4(2)12)6(13)8(9,10)11/h6,13H,3,12H2,1-2H3. The Morgan fingerprint density at radius 1 is 1.53 bits per heavy atom. The number of aliphatic hydroxyl groups excluding tert-OH is 1. The molecule has 0 aromatic rings. The van der Waals surface area contributed by atoms with Crippen molar-refractivity contribution in [1.82, 2.24) is 0 Å². The zero-order valence-electron chi connectivity index (χ0n) is 8.26. The molecule has 0 aromatic carbocycles. The molecule has 7 heteroatoms. The highest BCUT2D eigenvalue weighted by atomic mass is 35.6. The van der Waals surface area contributed by atoms with Gasteiger partial charge < -0.3 is 15.6 Å². The van der Waals surface area contributed by atoms with E-state index in [2.05, 4.69) is 4.74 Å². The van der Waals surface area contributed by atoms with Crippen LogP contribution in [-0.2, 0) is 9.53 Å². The normalized spacial score (nSPS) is 15.6. The SMILES string of the molecule is CCOC(=O)C(=C(C)N)C(O)C(Cl)(Cl)Cl. The number of allylic oxidation sites excluding steroid dienone is 1. The Labute approximate surface area is 103 Å². The third-order valence-electron chi connectivity index (χ3n) is 1.50. The van der Waals surface area contributed by atoms with Crippen LogP contribution in [0.4, 0.5) is 0 Å². The predicted octanol–water partition coefficient (Wildman–Crippen LogP) is 1.51. The first-order valence-electron chi connectivity index (χ1n) is 4.10. The molecule has 0 saturated heterocycles. The lowest BCUT2D eigenvalue weighted by atomic mass is 10.1. The zero-order chi connectivity index (χ0) is 12.2. The van der Waals surface area contributed by atoms with Crippen molar-refractivity contribution in [2.24, 2.45) is 5.73 Å². The van der Waals surface area contributed by atoms with Gasteiger partial charge in [0.05, 0.1) is 12.2 Å². The molecular formula is C8H12Cl3NO3. The van der Waals surface area contributed by atoms with E-state index in [1.165, 1.54) is 6.92 Å². The number of alkyl halides is 3. The van der Waals surface area contributed by atoms with Crippen LogP contribution in [0.2, 0.25) is 0 Å². The van der Waals surface area contributed by atoms with E-state index in [4.69, 9.17) is 40.5 Å². The zero-order valence-corrected chi connectivity index (χ0v) is 10.5. The van der Waals surface area contributed by atoms with Crippen molar-refractivity contribution in [3.63, 3.8) is 0 Å². The molecule has 0 fully saturated rings. The number of carbonyl (C=O) groups excluding carboxylic acids is 1. The first-order valence-corrected chi connectivity index (χ1v) is 5.23. The fourth-order valence-corrected chi connectivity index (χ4v) is 1.19. The summed E-state index contributed by atoms with van der Waals surface area (Å²) in [6.45, 7) is 3.16. The molecule has 0 saturated carbocycles. The second kappa shape index (κ2) is 5.80. The first kappa shape index (κ1) is 14.8. The van der Waals surface area contributed by atoms with Crippen molar-refractivity contribution in [3.8, 4) is 0 Å². The third kappa shape index (κ3) is 4.47. The number of rotatable bonds is 3. The minimum absolute atomic E-state index is 0.0484. The molecule has 0 aliphatic carbocycles. The minimum Gasteiger partial charge on any atom is -0.463 e. The summed E-state index contributed by atoms with van der Waals surface area (Å²) < 4.78 is 2.64. The number of esters is 1. The lowest BCUT2D eigenvalue weighted by Gasteiger charge is -2.21. The molecule has 0 amide bonds. The lowest BCUT2D eigenvalue weighted by molar-refractivity contribution is -0.139. The summed E-state index contributed by atoms with van der Waals surface area (Å²) in [6.07, 6.45) is -1.62. The van der Waals surface area contributed by atoms with Crippen LogP contribution in [0, 0.1) is 0 Å². The second-order valence-corrected chi connectivity index (χ2v) is 5.13. The summed E-state index contributed by atoms with van der Waals surface area (Å²) in [5, 5.41) is 9.58. The van der Waals surface area contributed by atoms with Crippen LogP contribution in [0.25, 0.3) is 0 Å². The van der Waals surface area contributed by atoms with Crippen LogP contribution in [0.15, 0.2) is 11.3 Å². The van der Waals surface area contributed by atoms with Crippen LogP contribution in [0.5, 0.6) is 0 Å². The van der Waals surface area contributed by atoms with Crippen LogP contribution in [-0.4, -0.2) is 27.6 Å². The highest BCUT2D eigenvalue weighted by Gasteiger charge is 2.38. The van der Waals surface area contributed by atoms with Gasteiger partial charge in [-0.1, -0.05) is 34.8 Å². The van der Waals surface area contributed by atoms with Crippen LogP contribution >= 0.6 is 34.8 Å². The Bertz CT molecular complexity index is 269. The third-order valence-corrected chi connectivity index (χ3v) is 2.12. The highest BCUT2D eigenvalue weighted by molar-refractivity contribution is 6.68. The van der Waals surface area contributed by atoms with E-state index in [-0.39, 0.29) is 17.9 Å². The molecule has 88 valence electrons. The molecule has 0 heterocycles. The molecule has 0 aliphatic heterocycles. The van der Waals surface area contributed by atoms with Crippen molar-refractivity contribution in [1.29, 1.82) is 0 Å². The molecule has 3 N–H and O–H groups in total. The lowest BCUT2D eigenvalue weighted by Crippen LogP contribution is -2.33. The largest absolute Gasteiger partial charge is 0.463 e. The van der Waals surface area contributed by atoms with E-state index in [0.29, 0.717) is 0 Å². The van der Waals surface area contributed by atoms with Gasteiger partial charge in [-0.15, -0.1) is 0 Å². The Morgan fingerprint density at radius 2 is 2.00 bits per heavy atom. The number of carbonyl (C=O) groups is 1. The average molecular weight is 277 g/mol. The maximum Gasteiger partial charge on any atom is 0.338 e. The van der Waals surface area contributed by atoms with Gasteiger partial charge in [-0.05, 0) is 13.8 Å². The second-order valence-electron chi connectivity index (χ2n) is 2.76. The monoisotopic (exact) mass is 275 g/mol. The smallest absolute Gasteiger partial charge is 0.338 e. The molecule has 1 atom stereocenters. The van der Waals surface area contributed by atoms with E-state index in [1.807, 2.05) is 0 Å². The van der Waals surface area contributed by atoms with Crippen molar-refractivity contribution in [2.45, 2.75) is 23.7 Å². The number of ether oxygens (including phenoxy) is 1. The van der Waals surface area contributed by atoms with E-state index in [9.17, 15) is 9.90 Å². The molecule has 0 spiro atoms. The van der Waals surface area contributed by atoms with Gasteiger partial charge in [0.2, 0.25) is 3.79 Å². The summed E-state index contributed by atoms with van der Waals surface area (Å²) in [5.41, 5.74) is 5.22. The van der Waals surface area contributed by atoms with Gasteiger partial charge in [0.25, 0.3) is 0 Å². The van der Waals surface area contributed by atoms with Crippen molar-refractivity contribution in [3.05, 3.63) is 11.3 Å². The summed E-state index contributed by atoms with van der Waals surface area (Å²) in [6, 6.07) is 0. The van der Waals surface area contributed by atoms with Crippen LogP contribution in [0.3, 0.4) is 0 Å². The Kier molecular flexibility index (Phi) is 5.73. The molecule has 0 rings (SSSR count). The average Bonchev–Trinajstić information content (AvgIpc) is 2.02. The molecular weight excluding hydrogens is 264 g/mol. The summed E-state index contributed by atoms with van der Waals surface area (Å²) in [7, 11) is 0. The number of aliphatic hydroxyl groups is 1. The van der Waals surface area contributed by atoms with E-state index >= 15 is 0 Å². The topological polar surface area (TPSA) is 72.5 Å². The molecule has 15 heavy (non-hydrogen) atoms. The van der Waals surface area contributed by atoms with E-state index < -0.39 is 15.9 Å². The summed E-state index contributed by atoms with van der Waals surface area (Å²) >= 11 is 16.4. The molecule has 0 radical (unpaired) electrons. The van der Waals surface area contributed by atoms with Crippen LogP contribution in [0.1, 0.15) is 13.8 Å². The Morgan fingerprint density at radius 3 is 2.27 bits per heavy atom. The van der Waals surface area contributed by atoms with Gasteiger partial charge in [0, 0.05) is 5.70 Å². The van der Waals surface area contributed by atoms with Crippen molar-refractivity contribution >= 4 is 40.8 Å². The molecule has 1 unspecified atom stereocenters. The highest BCUT2D eigenvalue weighted by Crippen LogP contribution is 2.34. The maximum atomic E-state index is 11.4. The molecule has 0 aliphatic rings. The van der Waals surface area contributed by atoms with Gasteiger partial charge in [0.1, 0.15) is 6.10 Å². The number of hydrogen-bond donors (Lipinski definition) is 2. The molecule has 4 nitrogen and oxygen atoms in total. The Balaban J connectivity index is 5.03. The van der Waals surface area contributed by atoms with Gasteiger partial charge >= 0.3 is 5.97 Å². The van der Waals surface area contributed by atoms with Gasteiger partial charge in [-0.2, -0.15) is 0 Å². The Hall–Kier alpha value is -0.160. The summed E-state index contributed by atoms with van der Waals surface area (Å²) in [5.74, 6) is -0.795. The van der Waals surface area contributed by atoms with E-state index in [0.717, 1.165) is 0 Å². The first-order chi connectivity index (χ1) is 6.71. The fourth-order valence-electron chi connectivity index (χ4n) is 0.861. The predicted molar refractivity (Wildman–Crippen MR) is 59.8 cm³/mol. The van der Waals surface area contributed by atoms with E-state index in [1.54, 1.807) is 6.92 Å². The number of halogens is 3. The molecule has 0 aromatic heterocycles. The van der Waals surface area contributed by atoms with Crippen LogP contribution < -0.4 is 5.73 Å². The number of nitrogens with two attached hydrogens (primary N) is 1. The summed E-state index contributed by atoms with van der Waals surface area (Å²) in [4.78, 5) is 11.4. The number of hydrogen-bond acceptors (Lipinski definition) is 4. The van der Waals surface area contributed by atoms with Crippen molar-refractivity contribution < 1.29 is 14.6 Å².